The van der Waals surface area contributed by atoms with Gasteiger partial charge in [-0.1, -0.05) is 26.2 Å². The lowest BCUT2D eigenvalue weighted by Gasteiger charge is -2.37. The second kappa shape index (κ2) is 5.83. The molecule has 3 heteroatoms. The number of hydrogen-bond donors (Lipinski definition) is 1. The van der Waals surface area contributed by atoms with E-state index in [4.69, 9.17) is 0 Å². The molecule has 1 aliphatic heterocycles. The van der Waals surface area contributed by atoms with Crippen LogP contribution < -0.4 is 0 Å². The maximum absolute atomic E-state index is 10.4. The highest BCUT2D eigenvalue weighted by Gasteiger charge is 2.34. The van der Waals surface area contributed by atoms with E-state index in [1.54, 1.807) is 0 Å². The van der Waals surface area contributed by atoms with Crippen molar-refractivity contribution >= 4 is 23.5 Å². The lowest BCUT2D eigenvalue weighted by molar-refractivity contribution is 0.0827. The van der Waals surface area contributed by atoms with E-state index >= 15 is 0 Å². The predicted octanol–water partition coefficient (Wildman–Crippen LogP) is 3.16. The molecule has 0 amide bonds. The lowest BCUT2D eigenvalue weighted by atomic mass is 9.83. The summed E-state index contributed by atoms with van der Waals surface area (Å²) in [5, 5.41) is 11.6. The van der Waals surface area contributed by atoms with Gasteiger partial charge < -0.3 is 5.11 Å². The quantitative estimate of drug-likeness (QED) is 0.808. The second-order valence-electron chi connectivity index (χ2n) is 4.80. The highest BCUT2D eigenvalue weighted by atomic mass is 32.2. The Kier molecular flexibility index (Phi) is 4.71. The molecular formula is C12H22OS2. The molecule has 0 radical (unpaired) electrons. The maximum Gasteiger partial charge on any atom is 0.0697 e. The van der Waals surface area contributed by atoms with Crippen molar-refractivity contribution in [3.05, 3.63) is 0 Å². The lowest BCUT2D eigenvalue weighted by Crippen LogP contribution is -2.40. The molecule has 1 heterocycles. The van der Waals surface area contributed by atoms with E-state index in [-0.39, 0.29) is 6.10 Å². The van der Waals surface area contributed by atoms with Crippen LogP contribution in [0.2, 0.25) is 0 Å². The largest absolute Gasteiger partial charge is 0.392 e. The Morgan fingerprint density at radius 1 is 1.07 bits per heavy atom. The number of hydrogen-bond acceptors (Lipinski definition) is 3. The van der Waals surface area contributed by atoms with Crippen LogP contribution in [0.15, 0.2) is 0 Å². The summed E-state index contributed by atoms with van der Waals surface area (Å²) in [6, 6.07) is 0. The number of aliphatic hydroxyl groups is 1. The third-order valence-corrected chi connectivity index (χ3v) is 6.91. The zero-order valence-corrected chi connectivity index (χ0v) is 11.2. The maximum atomic E-state index is 10.4. The van der Waals surface area contributed by atoms with E-state index in [0.29, 0.717) is 16.4 Å². The van der Waals surface area contributed by atoms with Gasteiger partial charge in [0.05, 0.1) is 6.10 Å². The Balaban J connectivity index is 1.89. The molecule has 15 heavy (non-hydrogen) atoms. The minimum Gasteiger partial charge on any atom is -0.392 e. The van der Waals surface area contributed by atoms with E-state index in [2.05, 4.69) is 6.92 Å². The molecule has 3 atom stereocenters. The number of rotatable bonds is 2. The summed E-state index contributed by atoms with van der Waals surface area (Å²) in [7, 11) is 0. The summed E-state index contributed by atoms with van der Waals surface area (Å²) >= 11 is 4.04. The SMILES string of the molecule is CC1SCCSC1C(O)C1CCCCC1. The van der Waals surface area contributed by atoms with Gasteiger partial charge in [-0.15, -0.1) is 0 Å². The molecule has 1 nitrogen and oxygen atoms in total. The van der Waals surface area contributed by atoms with Gasteiger partial charge in [0.15, 0.2) is 0 Å². The Labute approximate surface area is 102 Å². The summed E-state index contributed by atoms with van der Waals surface area (Å²) in [5.41, 5.74) is 0. The molecule has 1 aliphatic carbocycles. The minimum atomic E-state index is -0.0434. The molecule has 1 saturated heterocycles. The molecule has 3 unspecified atom stereocenters. The van der Waals surface area contributed by atoms with Crippen LogP contribution in [0.5, 0.6) is 0 Å². The average Bonchev–Trinajstić information content (AvgIpc) is 2.30. The fourth-order valence-electron chi connectivity index (χ4n) is 2.77. The Morgan fingerprint density at radius 3 is 2.40 bits per heavy atom. The minimum absolute atomic E-state index is 0.0434. The van der Waals surface area contributed by atoms with E-state index in [9.17, 15) is 5.11 Å². The van der Waals surface area contributed by atoms with Crippen LogP contribution in [0.25, 0.3) is 0 Å². The molecule has 88 valence electrons. The van der Waals surface area contributed by atoms with Crippen LogP contribution in [0.1, 0.15) is 39.0 Å². The zero-order chi connectivity index (χ0) is 10.7. The first kappa shape index (κ1) is 12.1. The normalized spacial score (nSPS) is 36.4. The zero-order valence-electron chi connectivity index (χ0n) is 9.52. The molecule has 2 aliphatic rings. The first-order valence-electron chi connectivity index (χ1n) is 6.20. The van der Waals surface area contributed by atoms with Crippen LogP contribution in [0.3, 0.4) is 0 Å². The Morgan fingerprint density at radius 2 is 1.73 bits per heavy atom. The van der Waals surface area contributed by atoms with E-state index in [1.165, 1.54) is 43.6 Å². The van der Waals surface area contributed by atoms with Gasteiger partial charge in [-0.25, -0.2) is 0 Å². The van der Waals surface area contributed by atoms with Gasteiger partial charge >= 0.3 is 0 Å². The van der Waals surface area contributed by atoms with E-state index in [0.717, 1.165) is 0 Å². The molecule has 2 rings (SSSR count). The highest BCUT2D eigenvalue weighted by molar-refractivity contribution is 8.07. The molecule has 2 fully saturated rings. The fraction of sp³-hybridized carbons (Fsp3) is 1.00. The summed E-state index contributed by atoms with van der Waals surface area (Å²) in [4.78, 5) is 0. The van der Waals surface area contributed by atoms with Crippen LogP contribution in [0, 0.1) is 5.92 Å². The first-order chi connectivity index (χ1) is 7.29. The standard InChI is InChI=1S/C12H22OS2/c1-9-12(15-8-7-14-9)11(13)10-5-3-2-4-6-10/h9-13H,2-8H2,1H3. The Bertz CT molecular complexity index is 192. The van der Waals surface area contributed by atoms with Gasteiger partial charge in [-0.2, -0.15) is 23.5 Å². The highest BCUT2D eigenvalue weighted by Crippen LogP contribution is 2.38. The van der Waals surface area contributed by atoms with Crippen molar-refractivity contribution in [1.82, 2.24) is 0 Å². The third-order valence-electron chi connectivity index (χ3n) is 3.71. The van der Waals surface area contributed by atoms with Crippen molar-refractivity contribution in [2.24, 2.45) is 5.92 Å². The fourth-order valence-corrected chi connectivity index (χ4v) is 5.69. The number of thioether (sulfide) groups is 2. The van der Waals surface area contributed by atoms with Crippen molar-refractivity contribution in [3.8, 4) is 0 Å². The van der Waals surface area contributed by atoms with Crippen LogP contribution in [0.4, 0.5) is 0 Å². The molecule has 0 bridgehead atoms. The molecule has 0 aromatic carbocycles. The van der Waals surface area contributed by atoms with Crippen LogP contribution in [-0.4, -0.2) is 33.2 Å². The van der Waals surface area contributed by atoms with E-state index < -0.39 is 0 Å². The number of aliphatic hydroxyl groups excluding tert-OH is 1. The third kappa shape index (κ3) is 3.07. The van der Waals surface area contributed by atoms with Gasteiger partial charge in [0, 0.05) is 22.0 Å². The van der Waals surface area contributed by atoms with Gasteiger partial charge in [0.2, 0.25) is 0 Å². The summed E-state index contributed by atoms with van der Waals surface area (Å²) < 4.78 is 0. The van der Waals surface area contributed by atoms with Crippen molar-refractivity contribution in [1.29, 1.82) is 0 Å². The molecular weight excluding hydrogens is 224 g/mol. The summed E-state index contributed by atoms with van der Waals surface area (Å²) in [6.07, 6.45) is 6.52. The smallest absolute Gasteiger partial charge is 0.0697 e. The monoisotopic (exact) mass is 246 g/mol. The van der Waals surface area contributed by atoms with Gasteiger partial charge in [-0.3, -0.25) is 0 Å². The first-order valence-corrected chi connectivity index (χ1v) is 8.30. The molecule has 0 aromatic heterocycles. The van der Waals surface area contributed by atoms with Gasteiger partial charge in [0.25, 0.3) is 0 Å². The van der Waals surface area contributed by atoms with E-state index in [1.807, 2.05) is 23.5 Å². The predicted molar refractivity (Wildman–Crippen MR) is 70.7 cm³/mol. The van der Waals surface area contributed by atoms with Crippen molar-refractivity contribution in [2.45, 2.75) is 55.6 Å². The van der Waals surface area contributed by atoms with Gasteiger partial charge in [-0.05, 0) is 18.8 Å². The molecule has 0 spiro atoms. The van der Waals surface area contributed by atoms with Crippen molar-refractivity contribution in [3.63, 3.8) is 0 Å². The molecule has 1 N–H and O–H groups in total. The summed E-state index contributed by atoms with van der Waals surface area (Å²) in [5.74, 6) is 3.08. The summed E-state index contributed by atoms with van der Waals surface area (Å²) in [6.45, 7) is 2.29. The average molecular weight is 246 g/mol. The topological polar surface area (TPSA) is 20.2 Å². The van der Waals surface area contributed by atoms with Crippen molar-refractivity contribution < 1.29 is 5.11 Å². The van der Waals surface area contributed by atoms with Crippen LogP contribution >= 0.6 is 23.5 Å². The molecule has 1 saturated carbocycles. The van der Waals surface area contributed by atoms with Crippen LogP contribution in [-0.2, 0) is 0 Å². The van der Waals surface area contributed by atoms with Crippen molar-refractivity contribution in [2.75, 3.05) is 11.5 Å². The molecule has 0 aromatic rings. The van der Waals surface area contributed by atoms with Gasteiger partial charge in [0.1, 0.15) is 0 Å². The Hall–Kier alpha value is 0.660. The second-order valence-corrected chi connectivity index (χ2v) is 7.57.